The van der Waals surface area contributed by atoms with Crippen LogP contribution in [0.4, 0.5) is 0 Å². The number of ether oxygens (including phenoxy) is 1. The molecule has 7 nitrogen and oxygen atoms in total. The summed E-state index contributed by atoms with van der Waals surface area (Å²) in [4.78, 5) is 37.5. The van der Waals surface area contributed by atoms with Gasteiger partial charge in [0.05, 0.1) is 0 Å². The highest BCUT2D eigenvalue weighted by molar-refractivity contribution is 8.01. The number of amides is 2. The van der Waals surface area contributed by atoms with Gasteiger partial charge < -0.3 is 20.1 Å². The maximum atomic E-state index is 12.4. The standard InChI is InChI=1S/C17H20N2O5S/c1-9(24-10-7-5-4-6-8-10)13(20)18-11-14(21)19-12(16(22)23)17(2,3)25-15(11)19/h4-9,11-12,15H,1-3H3,(H,18,20)(H,22,23)/t9?,11-,12+,15-/m0/s1. The Bertz CT molecular complexity index is 708. The van der Waals surface area contributed by atoms with Crippen LogP contribution in [0.1, 0.15) is 20.8 Å². The van der Waals surface area contributed by atoms with Crippen LogP contribution >= 0.6 is 11.8 Å². The molecule has 2 fully saturated rings. The lowest BCUT2D eigenvalue weighted by atomic mass is 9.96. The molecular weight excluding hydrogens is 344 g/mol. The number of carboxylic acids is 1. The number of rotatable bonds is 5. The van der Waals surface area contributed by atoms with Gasteiger partial charge >= 0.3 is 5.97 Å². The van der Waals surface area contributed by atoms with E-state index in [0.29, 0.717) is 5.75 Å². The summed E-state index contributed by atoms with van der Waals surface area (Å²) in [6.07, 6.45) is -0.765. The van der Waals surface area contributed by atoms with E-state index in [1.54, 1.807) is 45.0 Å². The maximum Gasteiger partial charge on any atom is 0.327 e. The fourth-order valence-electron chi connectivity index (χ4n) is 3.17. The number of aliphatic carboxylic acids is 1. The molecular formula is C17H20N2O5S. The van der Waals surface area contributed by atoms with E-state index in [0.717, 1.165) is 0 Å². The van der Waals surface area contributed by atoms with E-state index >= 15 is 0 Å². The zero-order valence-electron chi connectivity index (χ0n) is 14.1. The monoisotopic (exact) mass is 364 g/mol. The number of carbonyl (C=O) groups excluding carboxylic acids is 2. The lowest BCUT2D eigenvalue weighted by Crippen LogP contribution is -2.71. The van der Waals surface area contributed by atoms with E-state index < -0.39 is 34.8 Å². The molecule has 3 rings (SSSR count). The van der Waals surface area contributed by atoms with Crippen molar-refractivity contribution in [3.63, 3.8) is 0 Å². The van der Waals surface area contributed by atoms with Crippen LogP contribution < -0.4 is 10.1 Å². The fraction of sp³-hybridized carbons (Fsp3) is 0.471. The van der Waals surface area contributed by atoms with Gasteiger partial charge in [0.1, 0.15) is 23.2 Å². The van der Waals surface area contributed by atoms with Gasteiger partial charge in [-0.2, -0.15) is 0 Å². The predicted octanol–water partition coefficient (Wildman–Crippen LogP) is 1.09. The molecule has 1 unspecified atom stereocenters. The normalized spacial score (nSPS) is 27.9. The molecule has 2 saturated heterocycles. The van der Waals surface area contributed by atoms with Gasteiger partial charge in [0.2, 0.25) is 5.91 Å². The van der Waals surface area contributed by atoms with Crippen LogP contribution in [0.2, 0.25) is 0 Å². The third kappa shape index (κ3) is 3.06. The van der Waals surface area contributed by atoms with Crippen molar-refractivity contribution in [1.82, 2.24) is 10.2 Å². The first-order valence-electron chi connectivity index (χ1n) is 7.97. The summed E-state index contributed by atoms with van der Waals surface area (Å²) in [7, 11) is 0. The number of benzene rings is 1. The molecule has 2 aliphatic rings. The Kier molecular flexibility index (Phi) is 4.40. The molecule has 0 aromatic heterocycles. The highest BCUT2D eigenvalue weighted by atomic mass is 32.2. The summed E-state index contributed by atoms with van der Waals surface area (Å²) >= 11 is 1.39. The molecule has 2 N–H and O–H groups in total. The number of fused-ring (bicyclic) bond motifs is 1. The Labute approximate surface area is 149 Å². The molecule has 0 bridgehead atoms. The largest absolute Gasteiger partial charge is 0.481 e. The van der Waals surface area contributed by atoms with Crippen molar-refractivity contribution < 1.29 is 24.2 Å². The number of carbonyl (C=O) groups is 3. The number of carboxylic acid groups (broad SMARTS) is 1. The number of thioether (sulfide) groups is 1. The first-order chi connectivity index (χ1) is 11.7. The second-order valence-corrected chi connectivity index (χ2v) is 8.43. The van der Waals surface area contributed by atoms with Crippen LogP contribution in [0.5, 0.6) is 5.75 Å². The lowest BCUT2D eigenvalue weighted by molar-refractivity contribution is -0.161. The van der Waals surface area contributed by atoms with E-state index in [-0.39, 0.29) is 11.3 Å². The van der Waals surface area contributed by atoms with Gasteiger partial charge in [0, 0.05) is 4.75 Å². The number of hydrogen-bond acceptors (Lipinski definition) is 5. The fourth-order valence-corrected chi connectivity index (χ4v) is 4.80. The molecule has 0 radical (unpaired) electrons. The Morgan fingerprint density at radius 2 is 1.96 bits per heavy atom. The van der Waals surface area contributed by atoms with Crippen LogP contribution in [0.3, 0.4) is 0 Å². The molecule has 25 heavy (non-hydrogen) atoms. The first kappa shape index (κ1) is 17.6. The van der Waals surface area contributed by atoms with Gasteiger partial charge in [-0.3, -0.25) is 9.59 Å². The second kappa shape index (κ2) is 6.25. The summed E-state index contributed by atoms with van der Waals surface area (Å²) in [6.45, 7) is 5.19. The van der Waals surface area contributed by atoms with Crippen molar-refractivity contribution in [3.05, 3.63) is 30.3 Å². The molecule has 0 aliphatic carbocycles. The average Bonchev–Trinajstić information content (AvgIpc) is 2.81. The first-order valence-corrected chi connectivity index (χ1v) is 8.85. The Morgan fingerprint density at radius 1 is 1.32 bits per heavy atom. The Hall–Kier alpha value is -2.22. The minimum absolute atomic E-state index is 0.364. The van der Waals surface area contributed by atoms with Crippen molar-refractivity contribution in [2.75, 3.05) is 0 Å². The smallest absolute Gasteiger partial charge is 0.327 e. The summed E-state index contributed by atoms with van der Waals surface area (Å²) in [5.41, 5.74) is 0. The van der Waals surface area contributed by atoms with Crippen LogP contribution in [0, 0.1) is 0 Å². The molecule has 8 heteroatoms. The molecule has 1 aromatic rings. The van der Waals surface area contributed by atoms with Crippen LogP contribution in [0.15, 0.2) is 30.3 Å². The number of hydrogen-bond donors (Lipinski definition) is 2. The minimum atomic E-state index is -1.03. The number of nitrogens with one attached hydrogen (secondary N) is 1. The molecule has 1 aromatic carbocycles. The van der Waals surface area contributed by atoms with Gasteiger partial charge in [0.25, 0.3) is 5.91 Å². The topological polar surface area (TPSA) is 95.9 Å². The Balaban J connectivity index is 1.64. The predicted molar refractivity (Wildman–Crippen MR) is 92.2 cm³/mol. The van der Waals surface area contributed by atoms with E-state index in [9.17, 15) is 19.5 Å². The highest BCUT2D eigenvalue weighted by Crippen LogP contribution is 2.50. The third-order valence-electron chi connectivity index (χ3n) is 4.40. The number of β-lactam (4-membered cyclic amide) rings is 1. The molecule has 0 spiro atoms. The van der Waals surface area contributed by atoms with Gasteiger partial charge in [0.15, 0.2) is 6.10 Å². The average molecular weight is 364 g/mol. The van der Waals surface area contributed by atoms with Gasteiger partial charge in [-0.05, 0) is 32.9 Å². The molecule has 2 amide bonds. The Morgan fingerprint density at radius 3 is 2.56 bits per heavy atom. The molecule has 0 saturated carbocycles. The maximum absolute atomic E-state index is 12.4. The van der Waals surface area contributed by atoms with Gasteiger partial charge in [-0.25, -0.2) is 4.79 Å². The summed E-state index contributed by atoms with van der Waals surface area (Å²) in [5.74, 6) is -1.23. The van der Waals surface area contributed by atoms with Gasteiger partial charge in [-0.1, -0.05) is 18.2 Å². The van der Waals surface area contributed by atoms with E-state index in [2.05, 4.69) is 5.32 Å². The van der Waals surface area contributed by atoms with Crippen LogP contribution in [-0.4, -0.2) is 56.1 Å². The zero-order chi connectivity index (χ0) is 18.4. The second-order valence-electron chi connectivity index (χ2n) is 6.66. The van der Waals surface area contributed by atoms with Crippen molar-refractivity contribution in [3.8, 4) is 5.75 Å². The summed E-state index contributed by atoms with van der Waals surface area (Å²) in [5, 5.41) is 11.7. The zero-order valence-corrected chi connectivity index (χ0v) is 14.9. The van der Waals surface area contributed by atoms with Crippen molar-refractivity contribution >= 4 is 29.5 Å². The van der Waals surface area contributed by atoms with E-state index in [1.807, 2.05) is 6.07 Å². The third-order valence-corrected chi connectivity index (χ3v) is 5.97. The number of para-hydroxylation sites is 1. The van der Waals surface area contributed by atoms with Crippen molar-refractivity contribution in [1.29, 1.82) is 0 Å². The quantitative estimate of drug-likeness (QED) is 0.759. The highest BCUT2D eigenvalue weighted by Gasteiger charge is 2.64. The molecule has 134 valence electrons. The van der Waals surface area contributed by atoms with E-state index in [4.69, 9.17) is 4.74 Å². The molecule has 4 atom stereocenters. The molecule has 2 heterocycles. The van der Waals surface area contributed by atoms with Crippen LogP contribution in [0.25, 0.3) is 0 Å². The summed E-state index contributed by atoms with van der Waals surface area (Å²) in [6, 6.07) is 7.33. The minimum Gasteiger partial charge on any atom is -0.481 e. The van der Waals surface area contributed by atoms with Crippen LogP contribution in [-0.2, 0) is 14.4 Å². The lowest BCUT2D eigenvalue weighted by Gasteiger charge is -2.43. The van der Waals surface area contributed by atoms with Gasteiger partial charge in [-0.15, -0.1) is 11.8 Å². The van der Waals surface area contributed by atoms with Crippen molar-refractivity contribution in [2.24, 2.45) is 0 Å². The molecule has 2 aliphatic heterocycles. The number of nitrogens with zero attached hydrogens (tertiary/aromatic N) is 1. The van der Waals surface area contributed by atoms with Crippen molar-refractivity contribution in [2.45, 2.75) is 49.1 Å². The summed E-state index contributed by atoms with van der Waals surface area (Å²) < 4.78 is 4.94. The SMILES string of the molecule is CC(Oc1ccccc1)C(=O)N[C@H]1C(=O)N2[C@H]1SC(C)(C)[C@H]2C(=O)O. The van der Waals surface area contributed by atoms with E-state index in [1.165, 1.54) is 16.7 Å².